The number of carbonyl (C=O) groups excluding carboxylic acids is 1. The van der Waals surface area contributed by atoms with Crippen molar-refractivity contribution in [2.75, 3.05) is 0 Å². The molecule has 0 saturated carbocycles. The van der Waals surface area contributed by atoms with Gasteiger partial charge < -0.3 is 0 Å². The smallest absolute Gasteiger partial charge is 0.288 e. The van der Waals surface area contributed by atoms with Crippen molar-refractivity contribution in [1.29, 1.82) is 0 Å². The van der Waals surface area contributed by atoms with Crippen LogP contribution >= 0.6 is 0 Å². The highest BCUT2D eigenvalue weighted by molar-refractivity contribution is 6.09. The third-order valence-corrected chi connectivity index (χ3v) is 2.73. The summed E-state index contributed by atoms with van der Waals surface area (Å²) < 4.78 is 77.6. The van der Waals surface area contributed by atoms with E-state index in [4.69, 9.17) is 0 Å². The number of alkyl halides is 3. The van der Waals surface area contributed by atoms with Gasteiger partial charge in [-0.15, -0.1) is 0 Å². The molecule has 0 aromatic heterocycles. The molecule has 0 aliphatic carbocycles. The first-order chi connectivity index (χ1) is 9.71. The summed E-state index contributed by atoms with van der Waals surface area (Å²) in [4.78, 5) is 11.9. The fraction of sp³-hybridized carbons (Fsp3) is 0.0714. The molecule has 0 heterocycles. The molecular formula is C14H6F6O. The van der Waals surface area contributed by atoms with Gasteiger partial charge in [-0.05, 0) is 30.3 Å². The Balaban J connectivity index is 2.56. The zero-order chi connectivity index (χ0) is 15.8. The number of benzene rings is 2. The molecule has 110 valence electrons. The average Bonchev–Trinajstić information content (AvgIpc) is 2.40. The number of carbonyl (C=O) groups is 1. The van der Waals surface area contributed by atoms with Gasteiger partial charge in [0.1, 0.15) is 5.82 Å². The van der Waals surface area contributed by atoms with Crippen molar-refractivity contribution in [1.82, 2.24) is 0 Å². The van der Waals surface area contributed by atoms with Crippen molar-refractivity contribution in [3.8, 4) is 0 Å². The number of halogens is 6. The topological polar surface area (TPSA) is 17.1 Å². The van der Waals surface area contributed by atoms with E-state index >= 15 is 0 Å². The SMILES string of the molecule is O=C(c1cc(C(F)(F)F)ccc1F)c1cccc(F)c1F. The molecule has 0 unspecified atom stereocenters. The number of ketones is 1. The molecule has 0 aliphatic heterocycles. The van der Waals surface area contributed by atoms with Crippen LogP contribution in [-0.4, -0.2) is 5.78 Å². The molecule has 0 aliphatic rings. The minimum Gasteiger partial charge on any atom is -0.288 e. The molecule has 0 amide bonds. The average molecular weight is 304 g/mol. The van der Waals surface area contributed by atoms with Gasteiger partial charge in [-0.25, -0.2) is 13.2 Å². The van der Waals surface area contributed by atoms with Crippen LogP contribution in [0.4, 0.5) is 26.3 Å². The van der Waals surface area contributed by atoms with Gasteiger partial charge in [0.25, 0.3) is 0 Å². The Morgan fingerprint density at radius 2 is 1.52 bits per heavy atom. The summed E-state index contributed by atoms with van der Waals surface area (Å²) in [7, 11) is 0. The maximum atomic E-state index is 13.5. The molecule has 0 N–H and O–H groups in total. The second-order valence-electron chi connectivity index (χ2n) is 4.12. The van der Waals surface area contributed by atoms with Crippen molar-refractivity contribution in [2.24, 2.45) is 0 Å². The standard InChI is InChI=1S/C14H6F6O/c15-10-5-4-7(14(18,19)20)6-9(10)13(21)8-2-1-3-11(16)12(8)17/h1-6H. The minimum atomic E-state index is -4.79. The summed E-state index contributed by atoms with van der Waals surface area (Å²) in [6.45, 7) is 0. The van der Waals surface area contributed by atoms with Crippen LogP contribution in [0.15, 0.2) is 36.4 Å². The predicted octanol–water partition coefficient (Wildman–Crippen LogP) is 4.35. The molecular weight excluding hydrogens is 298 g/mol. The lowest BCUT2D eigenvalue weighted by molar-refractivity contribution is -0.137. The molecule has 2 aromatic carbocycles. The Bertz CT molecular complexity index is 705. The molecule has 0 radical (unpaired) electrons. The van der Waals surface area contributed by atoms with E-state index in [0.717, 1.165) is 18.2 Å². The first kappa shape index (κ1) is 15.1. The first-order valence-corrected chi connectivity index (χ1v) is 5.57. The van der Waals surface area contributed by atoms with Gasteiger partial charge in [-0.2, -0.15) is 13.2 Å². The lowest BCUT2D eigenvalue weighted by Crippen LogP contribution is -2.12. The normalized spacial score (nSPS) is 11.5. The van der Waals surface area contributed by atoms with Gasteiger partial charge in [0.2, 0.25) is 0 Å². The zero-order valence-corrected chi connectivity index (χ0v) is 10.1. The van der Waals surface area contributed by atoms with Crippen molar-refractivity contribution < 1.29 is 31.1 Å². The number of rotatable bonds is 2. The monoisotopic (exact) mass is 304 g/mol. The van der Waals surface area contributed by atoms with E-state index in [9.17, 15) is 31.1 Å². The Labute approximate surface area is 114 Å². The fourth-order valence-corrected chi connectivity index (χ4v) is 1.70. The Morgan fingerprint density at radius 3 is 2.14 bits per heavy atom. The van der Waals surface area contributed by atoms with Gasteiger partial charge in [-0.3, -0.25) is 4.79 Å². The molecule has 21 heavy (non-hydrogen) atoms. The van der Waals surface area contributed by atoms with E-state index in [-0.39, 0.29) is 6.07 Å². The highest BCUT2D eigenvalue weighted by Crippen LogP contribution is 2.31. The van der Waals surface area contributed by atoms with Gasteiger partial charge in [0.15, 0.2) is 17.4 Å². The van der Waals surface area contributed by atoms with Crippen LogP contribution in [0.25, 0.3) is 0 Å². The van der Waals surface area contributed by atoms with Crippen LogP contribution in [-0.2, 0) is 6.18 Å². The van der Waals surface area contributed by atoms with Gasteiger partial charge >= 0.3 is 6.18 Å². The van der Waals surface area contributed by atoms with E-state index in [1.807, 2.05) is 0 Å². The molecule has 0 fully saturated rings. The van der Waals surface area contributed by atoms with Gasteiger partial charge in [0.05, 0.1) is 16.7 Å². The second kappa shape index (κ2) is 5.23. The Hall–Kier alpha value is -2.31. The van der Waals surface area contributed by atoms with Crippen LogP contribution in [0, 0.1) is 17.5 Å². The number of hydrogen-bond donors (Lipinski definition) is 0. The summed E-state index contributed by atoms with van der Waals surface area (Å²) in [6.07, 6.45) is -4.79. The van der Waals surface area contributed by atoms with Crippen LogP contribution in [0.5, 0.6) is 0 Å². The van der Waals surface area contributed by atoms with E-state index in [0.29, 0.717) is 12.1 Å². The van der Waals surface area contributed by atoms with Crippen molar-refractivity contribution >= 4 is 5.78 Å². The highest BCUT2D eigenvalue weighted by Gasteiger charge is 2.32. The summed E-state index contributed by atoms with van der Waals surface area (Å²) in [5, 5.41) is 0. The van der Waals surface area contributed by atoms with E-state index in [1.165, 1.54) is 0 Å². The van der Waals surface area contributed by atoms with Crippen LogP contribution in [0.2, 0.25) is 0 Å². The van der Waals surface area contributed by atoms with Crippen LogP contribution in [0.1, 0.15) is 21.5 Å². The predicted molar refractivity (Wildman–Crippen MR) is 61.2 cm³/mol. The maximum absolute atomic E-state index is 13.5. The van der Waals surface area contributed by atoms with Gasteiger partial charge in [-0.1, -0.05) is 6.07 Å². The Morgan fingerprint density at radius 1 is 0.857 bits per heavy atom. The highest BCUT2D eigenvalue weighted by atomic mass is 19.4. The molecule has 0 bridgehead atoms. The largest absolute Gasteiger partial charge is 0.416 e. The van der Waals surface area contributed by atoms with Gasteiger partial charge in [0, 0.05) is 0 Å². The van der Waals surface area contributed by atoms with E-state index in [1.54, 1.807) is 0 Å². The van der Waals surface area contributed by atoms with E-state index in [2.05, 4.69) is 0 Å². The maximum Gasteiger partial charge on any atom is 0.416 e. The molecule has 0 spiro atoms. The first-order valence-electron chi connectivity index (χ1n) is 5.57. The number of hydrogen-bond acceptors (Lipinski definition) is 1. The lowest BCUT2D eigenvalue weighted by atomic mass is 10.00. The summed E-state index contributed by atoms with van der Waals surface area (Å²) >= 11 is 0. The van der Waals surface area contributed by atoms with Crippen molar-refractivity contribution in [3.05, 3.63) is 70.5 Å². The molecule has 0 saturated heterocycles. The third kappa shape index (κ3) is 2.91. The Kier molecular flexibility index (Phi) is 3.76. The zero-order valence-electron chi connectivity index (χ0n) is 10.1. The van der Waals surface area contributed by atoms with Crippen LogP contribution in [0.3, 0.4) is 0 Å². The molecule has 2 rings (SSSR count). The fourth-order valence-electron chi connectivity index (χ4n) is 1.70. The summed E-state index contributed by atoms with van der Waals surface area (Å²) in [5.74, 6) is -5.51. The van der Waals surface area contributed by atoms with Crippen molar-refractivity contribution in [3.63, 3.8) is 0 Å². The molecule has 7 heteroatoms. The lowest BCUT2D eigenvalue weighted by Gasteiger charge is -2.09. The van der Waals surface area contributed by atoms with E-state index < -0.39 is 46.1 Å². The van der Waals surface area contributed by atoms with Crippen molar-refractivity contribution in [2.45, 2.75) is 6.18 Å². The third-order valence-electron chi connectivity index (χ3n) is 2.73. The van der Waals surface area contributed by atoms with Crippen LogP contribution < -0.4 is 0 Å². The second-order valence-corrected chi connectivity index (χ2v) is 4.12. The quantitative estimate of drug-likeness (QED) is 0.595. The minimum absolute atomic E-state index is 0.266. The molecule has 1 nitrogen and oxygen atoms in total. The summed E-state index contributed by atoms with van der Waals surface area (Å²) in [6, 6.07) is 3.76. The summed E-state index contributed by atoms with van der Waals surface area (Å²) in [5.41, 5.74) is -3.08. The molecule has 2 aromatic rings. The molecule has 0 atom stereocenters.